The number of rotatable bonds is 3. The van der Waals surface area contributed by atoms with Crippen LogP contribution in [0, 0.1) is 6.92 Å². The fraction of sp³-hybridized carbons (Fsp3) is 0.571. The Hall–Kier alpha value is -0.860. The molecule has 1 aliphatic rings. The molecule has 0 aromatic heterocycles. The fourth-order valence-corrected chi connectivity index (χ4v) is 2.45. The molecule has 2 heteroatoms. The van der Waals surface area contributed by atoms with E-state index in [2.05, 4.69) is 36.1 Å². The molecule has 1 heterocycles. The zero-order chi connectivity index (χ0) is 11.4. The van der Waals surface area contributed by atoms with Crippen molar-refractivity contribution in [3.05, 3.63) is 35.4 Å². The Morgan fingerprint density at radius 3 is 2.31 bits per heavy atom. The maximum atomic E-state index is 9.56. The van der Waals surface area contributed by atoms with E-state index in [1.807, 2.05) is 0 Å². The van der Waals surface area contributed by atoms with Crippen LogP contribution in [0.25, 0.3) is 0 Å². The van der Waals surface area contributed by atoms with Gasteiger partial charge < -0.3 is 5.11 Å². The number of aryl methyl sites for hydroxylation is 1. The van der Waals surface area contributed by atoms with E-state index in [0.29, 0.717) is 0 Å². The second-order valence-corrected chi connectivity index (χ2v) is 4.71. The zero-order valence-electron chi connectivity index (χ0n) is 10.0. The Morgan fingerprint density at radius 2 is 1.75 bits per heavy atom. The molecule has 2 rings (SSSR count). The summed E-state index contributed by atoms with van der Waals surface area (Å²) in [6.45, 7) is 4.57. The van der Waals surface area contributed by atoms with Crippen molar-refractivity contribution in [1.82, 2.24) is 4.90 Å². The third-order valence-electron chi connectivity index (χ3n) is 3.47. The molecule has 2 nitrogen and oxygen atoms in total. The smallest absolute Gasteiger partial charge is 0.0628 e. The predicted molar refractivity (Wildman–Crippen MR) is 66.4 cm³/mol. The van der Waals surface area contributed by atoms with E-state index in [1.165, 1.54) is 30.4 Å². The van der Waals surface area contributed by atoms with Gasteiger partial charge in [-0.2, -0.15) is 0 Å². The minimum atomic E-state index is 0.195. The topological polar surface area (TPSA) is 23.5 Å². The van der Waals surface area contributed by atoms with Crippen LogP contribution >= 0.6 is 0 Å². The van der Waals surface area contributed by atoms with Crippen LogP contribution in [-0.4, -0.2) is 29.7 Å². The average Bonchev–Trinajstić information content (AvgIpc) is 2.34. The summed E-state index contributed by atoms with van der Waals surface area (Å²) in [5.74, 6) is 0. The van der Waals surface area contributed by atoms with Crippen LogP contribution in [0.4, 0.5) is 0 Å². The number of hydrogen-bond donors (Lipinski definition) is 1. The van der Waals surface area contributed by atoms with Gasteiger partial charge >= 0.3 is 0 Å². The van der Waals surface area contributed by atoms with Gasteiger partial charge in [-0.15, -0.1) is 0 Å². The van der Waals surface area contributed by atoms with Crippen LogP contribution < -0.4 is 0 Å². The summed E-state index contributed by atoms with van der Waals surface area (Å²) in [6, 6.07) is 8.74. The lowest BCUT2D eigenvalue weighted by atomic mass is 10.0. The van der Waals surface area contributed by atoms with Crippen molar-refractivity contribution in [2.45, 2.75) is 32.2 Å². The molecule has 1 N–H and O–H groups in total. The summed E-state index contributed by atoms with van der Waals surface area (Å²) in [7, 11) is 0. The first kappa shape index (κ1) is 11.6. The first-order valence-electron chi connectivity index (χ1n) is 6.23. The Labute approximate surface area is 97.9 Å². The van der Waals surface area contributed by atoms with Gasteiger partial charge in [0.05, 0.1) is 12.6 Å². The minimum Gasteiger partial charge on any atom is -0.394 e. The maximum Gasteiger partial charge on any atom is 0.0628 e. The van der Waals surface area contributed by atoms with Crippen molar-refractivity contribution < 1.29 is 5.11 Å². The van der Waals surface area contributed by atoms with E-state index in [-0.39, 0.29) is 12.6 Å². The normalized spacial score (nSPS) is 19.6. The Kier molecular flexibility index (Phi) is 3.97. The first-order chi connectivity index (χ1) is 7.81. The van der Waals surface area contributed by atoms with Crippen LogP contribution in [0.15, 0.2) is 24.3 Å². The second kappa shape index (κ2) is 5.46. The Balaban J connectivity index is 2.11. The number of hydrogen-bond acceptors (Lipinski definition) is 2. The second-order valence-electron chi connectivity index (χ2n) is 4.71. The van der Waals surface area contributed by atoms with Gasteiger partial charge in [0, 0.05) is 0 Å². The van der Waals surface area contributed by atoms with Gasteiger partial charge in [-0.3, -0.25) is 4.90 Å². The number of aliphatic hydroxyl groups is 1. The summed E-state index contributed by atoms with van der Waals surface area (Å²) in [5.41, 5.74) is 2.52. The lowest BCUT2D eigenvalue weighted by Gasteiger charge is -2.33. The van der Waals surface area contributed by atoms with Gasteiger partial charge in [-0.1, -0.05) is 36.2 Å². The van der Waals surface area contributed by atoms with Gasteiger partial charge in [0.25, 0.3) is 0 Å². The maximum absolute atomic E-state index is 9.56. The van der Waals surface area contributed by atoms with Gasteiger partial charge in [-0.25, -0.2) is 0 Å². The monoisotopic (exact) mass is 219 g/mol. The van der Waals surface area contributed by atoms with Gasteiger partial charge in [0.15, 0.2) is 0 Å². The van der Waals surface area contributed by atoms with Crippen molar-refractivity contribution in [2.75, 3.05) is 19.7 Å². The van der Waals surface area contributed by atoms with E-state index in [4.69, 9.17) is 0 Å². The summed E-state index contributed by atoms with van der Waals surface area (Å²) in [5, 5.41) is 9.56. The first-order valence-corrected chi connectivity index (χ1v) is 6.23. The highest BCUT2D eigenvalue weighted by Crippen LogP contribution is 2.24. The number of likely N-dealkylation sites (tertiary alicyclic amines) is 1. The van der Waals surface area contributed by atoms with Crippen LogP contribution in [0.1, 0.15) is 36.4 Å². The molecule has 1 saturated heterocycles. The standard InChI is InChI=1S/C14H21NO/c1-12-5-7-13(8-6-12)14(11-16)15-9-3-2-4-10-15/h5-8,14,16H,2-4,9-11H2,1H3/t14-/m0/s1. The highest BCUT2D eigenvalue weighted by molar-refractivity contribution is 5.24. The van der Waals surface area contributed by atoms with Crippen molar-refractivity contribution in [1.29, 1.82) is 0 Å². The molecule has 0 saturated carbocycles. The lowest BCUT2D eigenvalue weighted by molar-refractivity contribution is 0.104. The molecule has 0 amide bonds. The molecule has 0 radical (unpaired) electrons. The Morgan fingerprint density at radius 1 is 1.12 bits per heavy atom. The summed E-state index contributed by atoms with van der Waals surface area (Å²) in [4.78, 5) is 2.41. The largest absolute Gasteiger partial charge is 0.394 e. The fourth-order valence-electron chi connectivity index (χ4n) is 2.45. The summed E-state index contributed by atoms with van der Waals surface area (Å²) >= 11 is 0. The molecule has 0 spiro atoms. The molecule has 1 aromatic rings. The molecule has 0 aliphatic carbocycles. The van der Waals surface area contributed by atoms with E-state index >= 15 is 0 Å². The molecule has 16 heavy (non-hydrogen) atoms. The van der Waals surface area contributed by atoms with E-state index in [0.717, 1.165) is 13.1 Å². The minimum absolute atomic E-state index is 0.195. The molecule has 1 aliphatic heterocycles. The van der Waals surface area contributed by atoms with E-state index in [1.54, 1.807) is 0 Å². The molecular formula is C14H21NO. The molecule has 1 atom stereocenters. The third kappa shape index (κ3) is 2.63. The highest BCUT2D eigenvalue weighted by Gasteiger charge is 2.21. The molecule has 0 bridgehead atoms. The molecule has 1 fully saturated rings. The summed E-state index contributed by atoms with van der Waals surface area (Å²) in [6.07, 6.45) is 3.87. The average molecular weight is 219 g/mol. The van der Waals surface area contributed by atoms with Crippen LogP contribution in [0.5, 0.6) is 0 Å². The number of piperidine rings is 1. The predicted octanol–water partition coefficient (Wildman–Crippen LogP) is 2.51. The van der Waals surface area contributed by atoms with Crippen LogP contribution in [0.3, 0.4) is 0 Å². The van der Waals surface area contributed by atoms with Crippen LogP contribution in [0.2, 0.25) is 0 Å². The van der Waals surface area contributed by atoms with Gasteiger partial charge in [0.2, 0.25) is 0 Å². The van der Waals surface area contributed by atoms with Gasteiger partial charge in [-0.05, 0) is 38.4 Å². The quantitative estimate of drug-likeness (QED) is 0.844. The SMILES string of the molecule is Cc1ccc([C@H](CO)N2CCCCC2)cc1. The highest BCUT2D eigenvalue weighted by atomic mass is 16.3. The van der Waals surface area contributed by atoms with Gasteiger partial charge in [0.1, 0.15) is 0 Å². The van der Waals surface area contributed by atoms with Crippen molar-refractivity contribution in [3.8, 4) is 0 Å². The number of benzene rings is 1. The van der Waals surface area contributed by atoms with Crippen LogP contribution in [-0.2, 0) is 0 Å². The van der Waals surface area contributed by atoms with Crippen molar-refractivity contribution in [2.24, 2.45) is 0 Å². The molecule has 88 valence electrons. The number of aliphatic hydroxyl groups excluding tert-OH is 1. The summed E-state index contributed by atoms with van der Waals surface area (Å²) < 4.78 is 0. The van der Waals surface area contributed by atoms with Crippen molar-refractivity contribution >= 4 is 0 Å². The lowest BCUT2D eigenvalue weighted by Crippen LogP contribution is -2.35. The Bertz CT molecular complexity index is 314. The molecular weight excluding hydrogens is 198 g/mol. The molecule has 1 aromatic carbocycles. The van der Waals surface area contributed by atoms with E-state index < -0.39 is 0 Å². The van der Waals surface area contributed by atoms with Crippen molar-refractivity contribution in [3.63, 3.8) is 0 Å². The molecule has 0 unspecified atom stereocenters. The van der Waals surface area contributed by atoms with E-state index in [9.17, 15) is 5.11 Å². The number of nitrogens with zero attached hydrogens (tertiary/aromatic N) is 1. The zero-order valence-corrected chi connectivity index (χ0v) is 10.0. The third-order valence-corrected chi connectivity index (χ3v) is 3.47.